The van der Waals surface area contributed by atoms with E-state index in [0.29, 0.717) is 11.8 Å². The maximum Gasteiger partial charge on any atom is 0.289 e. The monoisotopic (exact) mass is 298 g/mol. The second-order valence-electron chi connectivity index (χ2n) is 6.06. The van der Waals surface area contributed by atoms with Crippen LogP contribution in [0.2, 0.25) is 0 Å². The lowest BCUT2D eigenvalue weighted by molar-refractivity contribution is 0.0686. The lowest BCUT2D eigenvalue weighted by Gasteiger charge is -2.32. The molecule has 1 aromatic heterocycles. The smallest absolute Gasteiger partial charge is 0.289 e. The fourth-order valence-electron chi connectivity index (χ4n) is 3.08. The van der Waals surface area contributed by atoms with Crippen LogP contribution >= 0.6 is 0 Å². The second kappa shape index (κ2) is 6.26. The Bertz CT molecular complexity index is 621. The summed E-state index contributed by atoms with van der Waals surface area (Å²) in [4.78, 5) is 14.1. The predicted molar refractivity (Wildman–Crippen MR) is 87.2 cm³/mol. The molecule has 1 aliphatic rings. The minimum Gasteiger partial charge on any atom is -0.459 e. The molecule has 4 nitrogen and oxygen atoms in total. The van der Waals surface area contributed by atoms with Crippen LogP contribution in [0.25, 0.3) is 0 Å². The average Bonchev–Trinajstić information content (AvgIpc) is 3.00. The van der Waals surface area contributed by atoms with E-state index in [1.807, 2.05) is 4.90 Å². The first-order valence-electron chi connectivity index (χ1n) is 7.79. The Kier molecular flexibility index (Phi) is 4.18. The summed E-state index contributed by atoms with van der Waals surface area (Å²) in [6.45, 7) is 5.76. The number of piperidine rings is 1. The van der Waals surface area contributed by atoms with E-state index in [-0.39, 0.29) is 5.91 Å². The number of likely N-dealkylation sites (tertiary alicyclic amines) is 1. The van der Waals surface area contributed by atoms with Gasteiger partial charge in [0, 0.05) is 24.8 Å². The molecule has 3 rings (SSSR count). The van der Waals surface area contributed by atoms with Crippen LogP contribution in [0.4, 0.5) is 5.69 Å². The summed E-state index contributed by atoms with van der Waals surface area (Å²) in [5.74, 6) is 0.426. The summed E-state index contributed by atoms with van der Waals surface area (Å²) in [5, 5.41) is 3.60. The number of anilines is 1. The predicted octanol–water partition coefficient (Wildman–Crippen LogP) is 3.61. The van der Waals surface area contributed by atoms with Crippen molar-refractivity contribution in [2.75, 3.05) is 18.4 Å². The molecule has 1 amide bonds. The zero-order chi connectivity index (χ0) is 15.5. The van der Waals surface area contributed by atoms with Crippen molar-refractivity contribution in [1.29, 1.82) is 0 Å². The van der Waals surface area contributed by atoms with E-state index >= 15 is 0 Å². The Hall–Kier alpha value is -2.23. The van der Waals surface area contributed by atoms with Crippen molar-refractivity contribution in [3.8, 4) is 0 Å². The standard InChI is InChI=1S/C18H22N2O2/c1-13-10-14(2)12-16(11-13)19-15-5-7-20(8-6-15)18(21)17-4-3-9-22-17/h3-4,9-12,15,19H,5-8H2,1-2H3. The molecular weight excluding hydrogens is 276 g/mol. The zero-order valence-corrected chi connectivity index (χ0v) is 13.1. The summed E-state index contributed by atoms with van der Waals surface area (Å²) in [6, 6.07) is 10.4. The van der Waals surface area contributed by atoms with E-state index in [2.05, 4.69) is 37.4 Å². The number of carbonyl (C=O) groups is 1. The van der Waals surface area contributed by atoms with Crippen molar-refractivity contribution in [2.24, 2.45) is 0 Å². The number of benzene rings is 1. The molecule has 1 N–H and O–H groups in total. The minimum absolute atomic E-state index is 0.00477. The van der Waals surface area contributed by atoms with Gasteiger partial charge >= 0.3 is 0 Å². The number of nitrogens with one attached hydrogen (secondary N) is 1. The van der Waals surface area contributed by atoms with E-state index in [1.165, 1.54) is 16.8 Å². The maximum absolute atomic E-state index is 12.2. The van der Waals surface area contributed by atoms with Gasteiger partial charge in [-0.2, -0.15) is 0 Å². The van der Waals surface area contributed by atoms with Gasteiger partial charge in [0.2, 0.25) is 0 Å². The summed E-state index contributed by atoms with van der Waals surface area (Å²) in [5.41, 5.74) is 3.72. The number of hydrogen-bond donors (Lipinski definition) is 1. The van der Waals surface area contributed by atoms with Crippen LogP contribution in [0.1, 0.15) is 34.5 Å². The maximum atomic E-state index is 12.2. The number of amides is 1. The molecule has 1 aromatic carbocycles. The highest BCUT2D eigenvalue weighted by Gasteiger charge is 2.24. The fourth-order valence-corrected chi connectivity index (χ4v) is 3.08. The number of nitrogens with zero attached hydrogens (tertiary/aromatic N) is 1. The number of rotatable bonds is 3. The lowest BCUT2D eigenvalue weighted by Crippen LogP contribution is -2.42. The SMILES string of the molecule is Cc1cc(C)cc(NC2CCN(C(=O)c3ccco3)CC2)c1. The van der Waals surface area contributed by atoms with Gasteiger partial charge in [-0.1, -0.05) is 6.07 Å². The molecule has 116 valence electrons. The molecule has 4 heteroatoms. The highest BCUT2D eigenvalue weighted by atomic mass is 16.3. The first-order chi connectivity index (χ1) is 10.6. The first kappa shape index (κ1) is 14.7. The van der Waals surface area contributed by atoms with Gasteiger partial charge in [0.05, 0.1) is 6.26 Å². The van der Waals surface area contributed by atoms with Gasteiger partial charge < -0.3 is 14.6 Å². The number of furan rings is 1. The van der Waals surface area contributed by atoms with Gasteiger partial charge in [-0.05, 0) is 62.1 Å². The van der Waals surface area contributed by atoms with E-state index in [1.54, 1.807) is 18.4 Å². The summed E-state index contributed by atoms with van der Waals surface area (Å²) >= 11 is 0. The van der Waals surface area contributed by atoms with E-state index in [0.717, 1.165) is 25.9 Å². The molecule has 0 saturated carbocycles. The Labute approximate surface area is 131 Å². The summed E-state index contributed by atoms with van der Waals surface area (Å²) in [6.07, 6.45) is 3.46. The molecular formula is C18H22N2O2. The molecule has 1 saturated heterocycles. The second-order valence-corrected chi connectivity index (χ2v) is 6.06. The Morgan fingerprint density at radius 3 is 2.45 bits per heavy atom. The average molecular weight is 298 g/mol. The molecule has 1 aliphatic heterocycles. The molecule has 1 fully saturated rings. The van der Waals surface area contributed by atoms with Crippen molar-refractivity contribution in [2.45, 2.75) is 32.7 Å². The van der Waals surface area contributed by atoms with E-state index < -0.39 is 0 Å². The normalized spacial score (nSPS) is 15.8. The molecule has 22 heavy (non-hydrogen) atoms. The zero-order valence-electron chi connectivity index (χ0n) is 13.1. The number of aryl methyl sites for hydroxylation is 2. The topological polar surface area (TPSA) is 45.5 Å². The highest BCUT2D eigenvalue weighted by Crippen LogP contribution is 2.20. The molecule has 0 radical (unpaired) electrons. The third-order valence-corrected chi connectivity index (χ3v) is 4.11. The van der Waals surface area contributed by atoms with Crippen LogP contribution in [-0.4, -0.2) is 29.9 Å². The Morgan fingerprint density at radius 2 is 1.86 bits per heavy atom. The van der Waals surface area contributed by atoms with E-state index in [4.69, 9.17) is 4.42 Å². The van der Waals surface area contributed by atoms with Crippen molar-refractivity contribution in [3.63, 3.8) is 0 Å². The van der Waals surface area contributed by atoms with Crippen molar-refractivity contribution >= 4 is 11.6 Å². The van der Waals surface area contributed by atoms with Crippen LogP contribution in [0.15, 0.2) is 41.0 Å². The highest BCUT2D eigenvalue weighted by molar-refractivity contribution is 5.91. The van der Waals surface area contributed by atoms with Gasteiger partial charge in [-0.3, -0.25) is 4.79 Å². The first-order valence-corrected chi connectivity index (χ1v) is 7.79. The van der Waals surface area contributed by atoms with E-state index in [9.17, 15) is 4.79 Å². The van der Waals surface area contributed by atoms with Gasteiger partial charge in [0.15, 0.2) is 5.76 Å². The molecule has 0 bridgehead atoms. The van der Waals surface area contributed by atoms with Crippen LogP contribution in [0, 0.1) is 13.8 Å². The minimum atomic E-state index is -0.00477. The fraction of sp³-hybridized carbons (Fsp3) is 0.389. The largest absolute Gasteiger partial charge is 0.459 e. The quantitative estimate of drug-likeness (QED) is 0.941. The summed E-state index contributed by atoms with van der Waals surface area (Å²) in [7, 11) is 0. The molecule has 0 aliphatic carbocycles. The Morgan fingerprint density at radius 1 is 1.18 bits per heavy atom. The molecule has 2 heterocycles. The van der Waals surface area contributed by atoms with Crippen LogP contribution < -0.4 is 5.32 Å². The number of hydrogen-bond acceptors (Lipinski definition) is 3. The van der Waals surface area contributed by atoms with Gasteiger partial charge in [-0.25, -0.2) is 0 Å². The molecule has 0 spiro atoms. The molecule has 0 unspecified atom stereocenters. The van der Waals surface area contributed by atoms with Crippen molar-refractivity contribution in [1.82, 2.24) is 4.90 Å². The van der Waals surface area contributed by atoms with Crippen LogP contribution in [0.5, 0.6) is 0 Å². The third kappa shape index (κ3) is 3.32. The third-order valence-electron chi connectivity index (χ3n) is 4.11. The van der Waals surface area contributed by atoms with Crippen LogP contribution in [0.3, 0.4) is 0 Å². The lowest BCUT2D eigenvalue weighted by atomic mass is 10.0. The van der Waals surface area contributed by atoms with Crippen molar-refractivity contribution in [3.05, 3.63) is 53.5 Å². The molecule has 0 atom stereocenters. The summed E-state index contributed by atoms with van der Waals surface area (Å²) < 4.78 is 5.19. The number of carbonyl (C=O) groups excluding carboxylic acids is 1. The van der Waals surface area contributed by atoms with Gasteiger partial charge in [0.25, 0.3) is 5.91 Å². The van der Waals surface area contributed by atoms with Crippen LogP contribution in [-0.2, 0) is 0 Å². The Balaban J connectivity index is 1.56. The molecule has 2 aromatic rings. The van der Waals surface area contributed by atoms with Gasteiger partial charge in [-0.15, -0.1) is 0 Å². The van der Waals surface area contributed by atoms with Crippen molar-refractivity contribution < 1.29 is 9.21 Å². The van der Waals surface area contributed by atoms with Gasteiger partial charge in [0.1, 0.15) is 0 Å².